The van der Waals surface area contributed by atoms with Gasteiger partial charge in [0.2, 0.25) is 0 Å². The normalized spacial score (nSPS) is 11.9. The third-order valence-corrected chi connectivity index (χ3v) is 2.40. The van der Waals surface area contributed by atoms with Crippen LogP contribution in [0, 0.1) is 0 Å². The van der Waals surface area contributed by atoms with Crippen LogP contribution in [-0.2, 0) is 18.6 Å². The Bertz CT molecular complexity index is 451. The molecule has 0 radical (unpaired) electrons. The predicted octanol–water partition coefficient (Wildman–Crippen LogP) is 1.05. The highest BCUT2D eigenvalue weighted by molar-refractivity contribution is 4.97. The van der Waals surface area contributed by atoms with Crippen molar-refractivity contribution in [2.24, 2.45) is 0 Å². The number of hydrogen-bond acceptors (Lipinski definition) is 4. The molecule has 2 aromatic heterocycles. The molecule has 6 heteroatoms. The third-order valence-electron chi connectivity index (χ3n) is 2.40. The van der Waals surface area contributed by atoms with Gasteiger partial charge in [0.15, 0.2) is 0 Å². The van der Waals surface area contributed by atoms with E-state index in [0.29, 0.717) is 6.54 Å². The molecule has 92 valence electrons. The van der Waals surface area contributed by atoms with Gasteiger partial charge >= 0.3 is 0 Å². The minimum absolute atomic E-state index is 0.0192. The zero-order valence-corrected chi connectivity index (χ0v) is 10.4. The second kappa shape index (κ2) is 4.67. The van der Waals surface area contributed by atoms with Crippen LogP contribution in [0.4, 0.5) is 0 Å². The summed E-state index contributed by atoms with van der Waals surface area (Å²) >= 11 is 0. The Labute approximate surface area is 100 Å². The fourth-order valence-corrected chi connectivity index (χ4v) is 1.41. The van der Waals surface area contributed by atoms with Crippen molar-refractivity contribution in [2.45, 2.75) is 39.4 Å². The number of aromatic amines is 1. The monoisotopic (exact) mass is 234 g/mol. The molecule has 6 nitrogen and oxygen atoms in total. The van der Waals surface area contributed by atoms with Gasteiger partial charge in [0.05, 0.1) is 23.8 Å². The minimum Gasteiger partial charge on any atom is -0.347 e. The predicted molar refractivity (Wildman–Crippen MR) is 64.1 cm³/mol. The van der Waals surface area contributed by atoms with Gasteiger partial charge in [-0.25, -0.2) is 9.67 Å². The number of hydrogen-bond donors (Lipinski definition) is 2. The molecule has 0 bridgehead atoms. The zero-order valence-electron chi connectivity index (χ0n) is 10.4. The van der Waals surface area contributed by atoms with E-state index in [2.05, 4.69) is 46.4 Å². The van der Waals surface area contributed by atoms with E-state index in [4.69, 9.17) is 0 Å². The van der Waals surface area contributed by atoms with Gasteiger partial charge in [-0.1, -0.05) is 5.21 Å². The molecular weight excluding hydrogens is 216 g/mol. The number of nitrogens with zero attached hydrogens (tertiary/aromatic N) is 4. The average Bonchev–Trinajstić information content (AvgIpc) is 2.86. The van der Waals surface area contributed by atoms with Crippen LogP contribution < -0.4 is 5.32 Å². The summed E-state index contributed by atoms with van der Waals surface area (Å²) in [6.45, 7) is 7.76. The molecule has 0 aromatic carbocycles. The number of imidazole rings is 1. The smallest absolute Gasteiger partial charge is 0.0965 e. The Kier molecular flexibility index (Phi) is 3.23. The lowest BCUT2D eigenvalue weighted by molar-refractivity contribution is 0.347. The van der Waals surface area contributed by atoms with Crippen LogP contribution in [0.2, 0.25) is 0 Å². The molecule has 0 fully saturated rings. The lowest BCUT2D eigenvalue weighted by Gasteiger charge is -2.17. The van der Waals surface area contributed by atoms with Gasteiger partial charge in [-0.05, 0) is 20.8 Å². The van der Waals surface area contributed by atoms with Gasteiger partial charge < -0.3 is 10.3 Å². The molecule has 0 spiro atoms. The van der Waals surface area contributed by atoms with Crippen molar-refractivity contribution >= 4 is 0 Å². The Morgan fingerprint density at radius 2 is 2.18 bits per heavy atom. The summed E-state index contributed by atoms with van der Waals surface area (Å²) in [6.07, 6.45) is 5.45. The molecule has 0 saturated heterocycles. The van der Waals surface area contributed by atoms with Gasteiger partial charge in [-0.15, -0.1) is 5.10 Å². The van der Waals surface area contributed by atoms with Gasteiger partial charge in [0.25, 0.3) is 0 Å². The number of nitrogens with one attached hydrogen (secondary N) is 2. The molecule has 0 aliphatic heterocycles. The quantitative estimate of drug-likeness (QED) is 0.829. The summed E-state index contributed by atoms with van der Waals surface area (Å²) in [4.78, 5) is 6.99. The van der Waals surface area contributed by atoms with Crippen LogP contribution >= 0.6 is 0 Å². The fourth-order valence-electron chi connectivity index (χ4n) is 1.41. The standard InChI is InChI=1S/C11H18N6/c1-11(2,3)17-7-10(15-16-17)6-12-4-9-5-13-8-14-9/h5,7-8,12H,4,6H2,1-3H3,(H,13,14). The van der Waals surface area contributed by atoms with E-state index in [9.17, 15) is 0 Å². The van der Waals surface area contributed by atoms with Gasteiger partial charge in [-0.2, -0.15) is 0 Å². The van der Waals surface area contributed by atoms with E-state index in [1.54, 1.807) is 12.5 Å². The first kappa shape index (κ1) is 11.8. The molecule has 0 atom stereocenters. The molecule has 0 unspecified atom stereocenters. The topological polar surface area (TPSA) is 71.4 Å². The van der Waals surface area contributed by atoms with Crippen molar-refractivity contribution in [1.29, 1.82) is 0 Å². The van der Waals surface area contributed by atoms with Crippen LogP contribution in [0.15, 0.2) is 18.7 Å². The van der Waals surface area contributed by atoms with Crippen molar-refractivity contribution in [1.82, 2.24) is 30.3 Å². The van der Waals surface area contributed by atoms with Gasteiger partial charge in [-0.3, -0.25) is 0 Å². The number of H-pyrrole nitrogens is 1. The van der Waals surface area contributed by atoms with Crippen LogP contribution in [0.5, 0.6) is 0 Å². The summed E-state index contributed by atoms with van der Waals surface area (Å²) in [5.41, 5.74) is 1.99. The lowest BCUT2D eigenvalue weighted by Crippen LogP contribution is -2.22. The van der Waals surface area contributed by atoms with Crippen molar-refractivity contribution in [3.05, 3.63) is 30.1 Å². The minimum atomic E-state index is -0.0192. The van der Waals surface area contributed by atoms with Gasteiger partial charge in [0, 0.05) is 25.0 Å². The highest BCUT2D eigenvalue weighted by Gasteiger charge is 2.14. The summed E-state index contributed by atoms with van der Waals surface area (Å²) in [7, 11) is 0. The lowest BCUT2D eigenvalue weighted by atomic mass is 10.1. The van der Waals surface area contributed by atoms with Crippen molar-refractivity contribution < 1.29 is 0 Å². The van der Waals surface area contributed by atoms with E-state index in [-0.39, 0.29) is 5.54 Å². The van der Waals surface area contributed by atoms with Crippen LogP contribution in [0.3, 0.4) is 0 Å². The van der Waals surface area contributed by atoms with Crippen LogP contribution in [-0.4, -0.2) is 25.0 Å². The summed E-state index contributed by atoms with van der Waals surface area (Å²) < 4.78 is 1.88. The maximum atomic E-state index is 4.13. The largest absolute Gasteiger partial charge is 0.347 e. The highest BCUT2D eigenvalue weighted by atomic mass is 15.4. The summed E-state index contributed by atoms with van der Waals surface area (Å²) in [5.74, 6) is 0. The second-order valence-corrected chi connectivity index (χ2v) is 5.01. The summed E-state index contributed by atoms with van der Waals surface area (Å²) in [5, 5.41) is 11.5. The zero-order chi connectivity index (χ0) is 12.3. The maximum absolute atomic E-state index is 4.13. The van der Waals surface area contributed by atoms with Crippen LogP contribution in [0.25, 0.3) is 0 Å². The first-order valence-electron chi connectivity index (χ1n) is 5.65. The first-order valence-corrected chi connectivity index (χ1v) is 5.65. The second-order valence-electron chi connectivity index (χ2n) is 5.01. The van der Waals surface area contributed by atoms with E-state index in [1.807, 2.05) is 10.9 Å². The van der Waals surface area contributed by atoms with E-state index < -0.39 is 0 Å². The molecule has 0 amide bonds. The van der Waals surface area contributed by atoms with Crippen LogP contribution in [0.1, 0.15) is 32.2 Å². The van der Waals surface area contributed by atoms with E-state index in [0.717, 1.165) is 17.9 Å². The molecule has 2 rings (SSSR count). The highest BCUT2D eigenvalue weighted by Crippen LogP contribution is 2.11. The van der Waals surface area contributed by atoms with E-state index >= 15 is 0 Å². The number of aromatic nitrogens is 5. The van der Waals surface area contributed by atoms with Crippen molar-refractivity contribution in [3.63, 3.8) is 0 Å². The van der Waals surface area contributed by atoms with Gasteiger partial charge in [0.1, 0.15) is 0 Å². The molecule has 17 heavy (non-hydrogen) atoms. The molecule has 0 aliphatic carbocycles. The average molecular weight is 234 g/mol. The molecule has 2 N–H and O–H groups in total. The molecular formula is C11H18N6. The summed E-state index contributed by atoms with van der Waals surface area (Å²) in [6, 6.07) is 0. The molecule has 0 saturated carbocycles. The molecule has 0 aliphatic rings. The molecule has 2 aromatic rings. The Balaban J connectivity index is 1.85. The van der Waals surface area contributed by atoms with Crippen molar-refractivity contribution in [2.75, 3.05) is 0 Å². The SMILES string of the molecule is CC(C)(C)n1cc(CNCc2cnc[nH]2)nn1. The van der Waals surface area contributed by atoms with Crippen molar-refractivity contribution in [3.8, 4) is 0 Å². The third kappa shape index (κ3) is 3.13. The fraction of sp³-hybridized carbons (Fsp3) is 0.545. The number of rotatable bonds is 4. The Morgan fingerprint density at radius 3 is 2.76 bits per heavy atom. The molecule has 2 heterocycles. The first-order chi connectivity index (χ1) is 8.05. The Hall–Kier alpha value is -1.69. The Morgan fingerprint density at radius 1 is 1.35 bits per heavy atom. The maximum Gasteiger partial charge on any atom is 0.0965 e. The van der Waals surface area contributed by atoms with E-state index in [1.165, 1.54) is 0 Å².